The summed E-state index contributed by atoms with van der Waals surface area (Å²) in [5.74, 6) is 5.72. The highest BCUT2D eigenvalue weighted by molar-refractivity contribution is 5.75. The summed E-state index contributed by atoms with van der Waals surface area (Å²) in [6.45, 7) is 5.98. The minimum Gasteiger partial charge on any atom is -0.355 e. The maximum atomic E-state index is 11.0. The van der Waals surface area contributed by atoms with Gasteiger partial charge in [-0.15, -0.1) is 18.4 Å². The molecule has 12 heavy (non-hydrogen) atoms. The summed E-state index contributed by atoms with van der Waals surface area (Å²) in [5.41, 5.74) is 0. The highest BCUT2D eigenvalue weighted by Gasteiger charge is 1.95. The van der Waals surface area contributed by atoms with Gasteiger partial charge in [-0.2, -0.15) is 0 Å². The van der Waals surface area contributed by atoms with Crippen LogP contribution in [-0.2, 0) is 4.79 Å². The van der Waals surface area contributed by atoms with Crippen molar-refractivity contribution in [3.8, 4) is 11.8 Å². The summed E-state index contributed by atoms with van der Waals surface area (Å²) in [4.78, 5) is 11.0. The summed E-state index contributed by atoms with van der Waals surface area (Å²) in [7, 11) is 0. The lowest BCUT2D eigenvalue weighted by Gasteiger charge is -1.99. The van der Waals surface area contributed by atoms with Crippen molar-refractivity contribution in [2.45, 2.75) is 26.2 Å². The molecule has 0 bridgehead atoms. The Morgan fingerprint density at radius 3 is 3.00 bits per heavy atom. The van der Waals surface area contributed by atoms with E-state index < -0.39 is 0 Å². The Hall–Kier alpha value is -1.23. The molecule has 0 aliphatic carbocycles. The first-order valence-corrected chi connectivity index (χ1v) is 4.08. The van der Waals surface area contributed by atoms with Crippen LogP contribution in [0.2, 0.25) is 0 Å². The van der Waals surface area contributed by atoms with E-state index in [2.05, 4.69) is 23.7 Å². The smallest absolute Gasteiger partial charge is 0.220 e. The predicted molar refractivity (Wildman–Crippen MR) is 50.5 cm³/mol. The quantitative estimate of drug-likeness (QED) is 0.373. The molecule has 2 heteroatoms. The lowest BCUT2D eigenvalue weighted by atomic mass is 10.3. The van der Waals surface area contributed by atoms with E-state index in [1.165, 1.54) is 0 Å². The van der Waals surface area contributed by atoms with Crippen LogP contribution in [0, 0.1) is 11.8 Å². The second-order valence-electron chi connectivity index (χ2n) is 2.35. The van der Waals surface area contributed by atoms with Crippen molar-refractivity contribution in [2.75, 3.05) is 6.54 Å². The monoisotopic (exact) mass is 165 g/mol. The minimum absolute atomic E-state index is 0.0767. The van der Waals surface area contributed by atoms with Gasteiger partial charge in [0.05, 0.1) is 0 Å². The van der Waals surface area contributed by atoms with E-state index in [-0.39, 0.29) is 5.91 Å². The first-order valence-electron chi connectivity index (χ1n) is 4.08. The molecule has 0 saturated heterocycles. The van der Waals surface area contributed by atoms with Crippen LogP contribution < -0.4 is 5.32 Å². The van der Waals surface area contributed by atoms with Gasteiger partial charge in [0, 0.05) is 19.4 Å². The van der Waals surface area contributed by atoms with Crippen molar-refractivity contribution in [2.24, 2.45) is 0 Å². The van der Waals surface area contributed by atoms with E-state index in [0.29, 0.717) is 13.0 Å². The Labute approximate surface area is 74.0 Å². The molecule has 0 aromatic rings. The summed E-state index contributed by atoms with van der Waals surface area (Å²) in [5, 5.41) is 2.76. The van der Waals surface area contributed by atoms with Gasteiger partial charge in [-0.3, -0.25) is 4.79 Å². The van der Waals surface area contributed by atoms with Crippen molar-refractivity contribution in [1.29, 1.82) is 0 Å². The van der Waals surface area contributed by atoms with E-state index in [9.17, 15) is 4.79 Å². The third kappa shape index (κ3) is 6.88. The summed E-state index contributed by atoms with van der Waals surface area (Å²) in [6, 6.07) is 0. The van der Waals surface area contributed by atoms with Crippen molar-refractivity contribution in [1.82, 2.24) is 5.32 Å². The fraction of sp³-hybridized carbons (Fsp3) is 0.500. The van der Waals surface area contributed by atoms with Crippen LogP contribution in [0.5, 0.6) is 0 Å². The Bertz CT molecular complexity index is 198. The largest absolute Gasteiger partial charge is 0.355 e. The molecule has 0 spiro atoms. The molecule has 0 rings (SSSR count). The zero-order valence-electron chi connectivity index (χ0n) is 7.52. The Morgan fingerprint density at radius 2 is 2.42 bits per heavy atom. The molecular weight excluding hydrogens is 150 g/mol. The van der Waals surface area contributed by atoms with Crippen LogP contribution >= 0.6 is 0 Å². The van der Waals surface area contributed by atoms with Crippen LogP contribution in [0.3, 0.4) is 0 Å². The molecule has 2 nitrogen and oxygen atoms in total. The summed E-state index contributed by atoms with van der Waals surface area (Å²) >= 11 is 0. The first kappa shape index (κ1) is 10.8. The Balaban J connectivity index is 3.29. The standard InChI is InChI=1S/C10H15NO/c1-3-5-7-9-11-10(12)8-6-4-2/h4H,2,6-9H2,1H3,(H,11,12). The fourth-order valence-corrected chi connectivity index (χ4v) is 0.711. The molecule has 0 saturated carbocycles. The van der Waals surface area contributed by atoms with Crippen molar-refractivity contribution < 1.29 is 4.79 Å². The normalized spacial score (nSPS) is 8.08. The molecule has 0 heterocycles. The third-order valence-corrected chi connectivity index (χ3v) is 1.32. The van der Waals surface area contributed by atoms with Gasteiger partial charge in [-0.1, -0.05) is 6.08 Å². The average molecular weight is 165 g/mol. The molecule has 1 amide bonds. The zero-order valence-corrected chi connectivity index (χ0v) is 7.52. The maximum absolute atomic E-state index is 11.0. The van der Waals surface area contributed by atoms with Crippen LogP contribution in [0.4, 0.5) is 0 Å². The number of hydrogen-bond donors (Lipinski definition) is 1. The van der Waals surface area contributed by atoms with Gasteiger partial charge in [-0.25, -0.2) is 0 Å². The maximum Gasteiger partial charge on any atom is 0.220 e. The molecule has 0 aromatic carbocycles. The molecule has 0 aromatic heterocycles. The SMILES string of the molecule is C=CCCC(=O)NCCC#CC. The Morgan fingerprint density at radius 1 is 1.67 bits per heavy atom. The molecule has 0 aliphatic rings. The molecule has 0 aliphatic heterocycles. The van der Waals surface area contributed by atoms with Gasteiger partial charge >= 0.3 is 0 Å². The van der Waals surface area contributed by atoms with Gasteiger partial charge in [-0.05, 0) is 13.3 Å². The highest BCUT2D eigenvalue weighted by Crippen LogP contribution is 1.88. The van der Waals surface area contributed by atoms with E-state index in [4.69, 9.17) is 0 Å². The highest BCUT2D eigenvalue weighted by atomic mass is 16.1. The van der Waals surface area contributed by atoms with Gasteiger partial charge in [0.1, 0.15) is 0 Å². The average Bonchev–Trinajstić information content (AvgIpc) is 2.09. The van der Waals surface area contributed by atoms with Crippen molar-refractivity contribution >= 4 is 5.91 Å². The number of allylic oxidation sites excluding steroid dienone is 1. The first-order chi connectivity index (χ1) is 5.81. The van der Waals surface area contributed by atoms with Crippen LogP contribution in [0.15, 0.2) is 12.7 Å². The minimum atomic E-state index is 0.0767. The molecule has 0 radical (unpaired) electrons. The topological polar surface area (TPSA) is 29.1 Å². The van der Waals surface area contributed by atoms with Gasteiger partial charge in [0.2, 0.25) is 5.91 Å². The van der Waals surface area contributed by atoms with Gasteiger partial charge < -0.3 is 5.32 Å². The summed E-state index contributed by atoms with van der Waals surface area (Å²) < 4.78 is 0. The van der Waals surface area contributed by atoms with Crippen molar-refractivity contribution in [3.05, 3.63) is 12.7 Å². The van der Waals surface area contributed by atoms with Gasteiger partial charge in [0.25, 0.3) is 0 Å². The number of hydrogen-bond acceptors (Lipinski definition) is 1. The lowest BCUT2D eigenvalue weighted by Crippen LogP contribution is -2.23. The molecule has 1 N–H and O–H groups in total. The van der Waals surface area contributed by atoms with Crippen molar-refractivity contribution in [3.63, 3.8) is 0 Å². The summed E-state index contributed by atoms with van der Waals surface area (Å²) in [6.07, 6.45) is 3.75. The number of nitrogens with one attached hydrogen (secondary N) is 1. The number of amides is 1. The third-order valence-electron chi connectivity index (χ3n) is 1.32. The molecule has 66 valence electrons. The second kappa shape index (κ2) is 7.87. The van der Waals surface area contributed by atoms with E-state index >= 15 is 0 Å². The zero-order chi connectivity index (χ0) is 9.23. The molecular formula is C10H15NO. The lowest BCUT2D eigenvalue weighted by molar-refractivity contribution is -0.120. The number of rotatable bonds is 5. The molecule has 0 unspecified atom stereocenters. The fourth-order valence-electron chi connectivity index (χ4n) is 0.711. The van der Waals surface area contributed by atoms with E-state index in [1.807, 2.05) is 0 Å². The van der Waals surface area contributed by atoms with Crippen LogP contribution in [0.25, 0.3) is 0 Å². The Kier molecular flexibility index (Phi) is 7.07. The van der Waals surface area contributed by atoms with Crippen LogP contribution in [0.1, 0.15) is 26.2 Å². The second-order valence-corrected chi connectivity index (χ2v) is 2.35. The van der Waals surface area contributed by atoms with Gasteiger partial charge in [0.15, 0.2) is 0 Å². The van der Waals surface area contributed by atoms with Crippen LogP contribution in [-0.4, -0.2) is 12.5 Å². The molecule has 0 atom stereocenters. The van der Waals surface area contributed by atoms with E-state index in [0.717, 1.165) is 12.8 Å². The van der Waals surface area contributed by atoms with E-state index in [1.54, 1.807) is 13.0 Å². The number of carbonyl (C=O) groups excluding carboxylic acids is 1. The predicted octanol–water partition coefficient (Wildman–Crippen LogP) is 1.48. The molecule has 0 fully saturated rings. The number of carbonyl (C=O) groups is 1.